The molecule has 126 valence electrons. The van der Waals surface area contributed by atoms with E-state index in [1.54, 1.807) is 4.90 Å². The zero-order valence-corrected chi connectivity index (χ0v) is 13.8. The number of nitrogens with two attached hydrogens (primary N) is 1. The van der Waals surface area contributed by atoms with Gasteiger partial charge in [0.25, 0.3) is 0 Å². The first-order valence-corrected chi connectivity index (χ1v) is 8.46. The average molecular weight is 318 g/mol. The van der Waals surface area contributed by atoms with Gasteiger partial charge in [-0.25, -0.2) is 4.79 Å². The summed E-state index contributed by atoms with van der Waals surface area (Å²) in [6.45, 7) is 3.77. The molecule has 1 aromatic rings. The van der Waals surface area contributed by atoms with Crippen molar-refractivity contribution in [3.63, 3.8) is 0 Å². The summed E-state index contributed by atoms with van der Waals surface area (Å²) in [6.07, 6.45) is 5.92. The van der Waals surface area contributed by atoms with Crippen molar-refractivity contribution in [1.29, 1.82) is 0 Å². The van der Waals surface area contributed by atoms with Crippen LogP contribution in [0.25, 0.3) is 0 Å². The van der Waals surface area contributed by atoms with E-state index in [-0.39, 0.29) is 6.09 Å². The number of methoxy groups -OCH3 is 1. The first-order valence-electron chi connectivity index (χ1n) is 8.46. The predicted octanol–water partition coefficient (Wildman–Crippen LogP) is 2.07. The smallest absolute Gasteiger partial charge is 0.409 e. The van der Waals surface area contributed by atoms with Crippen LogP contribution in [0.15, 0.2) is 18.3 Å². The lowest BCUT2D eigenvalue weighted by Gasteiger charge is -2.41. The standard InChI is InChI=1S/C17H26N4O2/c1-23-17(22)21-11-6-14(7-12-21)20-9-4-13(5-10-20)16-15(18)3-2-8-19-16/h2-3,8,13-14H,4-7,9-12,18H2,1H3. The highest BCUT2D eigenvalue weighted by Crippen LogP contribution is 2.32. The Morgan fingerprint density at radius 2 is 1.91 bits per heavy atom. The molecule has 1 amide bonds. The van der Waals surface area contributed by atoms with E-state index in [0.717, 1.165) is 63.2 Å². The van der Waals surface area contributed by atoms with Gasteiger partial charge in [0.05, 0.1) is 18.5 Å². The van der Waals surface area contributed by atoms with E-state index >= 15 is 0 Å². The molecule has 3 heterocycles. The van der Waals surface area contributed by atoms with Crippen molar-refractivity contribution in [3.05, 3.63) is 24.0 Å². The van der Waals surface area contributed by atoms with Gasteiger partial charge < -0.3 is 20.3 Å². The van der Waals surface area contributed by atoms with Crippen LogP contribution >= 0.6 is 0 Å². The predicted molar refractivity (Wildman–Crippen MR) is 89.2 cm³/mol. The minimum Gasteiger partial charge on any atom is -0.453 e. The Morgan fingerprint density at radius 3 is 2.52 bits per heavy atom. The summed E-state index contributed by atoms with van der Waals surface area (Å²) in [6, 6.07) is 4.42. The Morgan fingerprint density at radius 1 is 1.22 bits per heavy atom. The number of anilines is 1. The first kappa shape index (κ1) is 16.1. The van der Waals surface area contributed by atoms with Crippen LogP contribution in [0.3, 0.4) is 0 Å². The van der Waals surface area contributed by atoms with Crippen LogP contribution in [0.2, 0.25) is 0 Å². The van der Waals surface area contributed by atoms with Crippen LogP contribution in [0.5, 0.6) is 0 Å². The van der Waals surface area contributed by atoms with Crippen LogP contribution in [0, 0.1) is 0 Å². The van der Waals surface area contributed by atoms with Gasteiger partial charge in [-0.1, -0.05) is 0 Å². The van der Waals surface area contributed by atoms with Crippen LogP contribution in [0.4, 0.5) is 10.5 Å². The van der Waals surface area contributed by atoms with Crippen molar-refractivity contribution in [3.8, 4) is 0 Å². The second-order valence-electron chi connectivity index (χ2n) is 6.48. The van der Waals surface area contributed by atoms with E-state index in [1.165, 1.54) is 7.11 Å². The summed E-state index contributed by atoms with van der Waals surface area (Å²) in [4.78, 5) is 20.4. The highest BCUT2D eigenvalue weighted by molar-refractivity contribution is 5.67. The quantitative estimate of drug-likeness (QED) is 0.904. The highest BCUT2D eigenvalue weighted by Gasteiger charge is 2.30. The van der Waals surface area contributed by atoms with Crippen LogP contribution in [0.1, 0.15) is 37.3 Å². The number of hydrogen-bond donors (Lipinski definition) is 1. The minimum atomic E-state index is -0.201. The lowest BCUT2D eigenvalue weighted by atomic mass is 9.90. The molecule has 0 atom stereocenters. The number of amides is 1. The van der Waals surface area contributed by atoms with Crippen LogP contribution < -0.4 is 5.73 Å². The second-order valence-corrected chi connectivity index (χ2v) is 6.48. The monoisotopic (exact) mass is 318 g/mol. The number of carbonyl (C=O) groups is 1. The van der Waals surface area contributed by atoms with Crippen molar-refractivity contribution in [2.45, 2.75) is 37.6 Å². The Hall–Kier alpha value is -1.82. The molecule has 23 heavy (non-hydrogen) atoms. The fraction of sp³-hybridized carbons (Fsp3) is 0.647. The molecule has 2 aliphatic rings. The van der Waals surface area contributed by atoms with Crippen LogP contribution in [-0.4, -0.2) is 60.2 Å². The zero-order chi connectivity index (χ0) is 16.2. The number of nitrogen functional groups attached to an aromatic ring is 1. The molecule has 6 nitrogen and oxygen atoms in total. The molecular formula is C17H26N4O2. The molecule has 3 rings (SSSR count). The van der Waals surface area contributed by atoms with Gasteiger partial charge in [0.1, 0.15) is 0 Å². The molecule has 2 fully saturated rings. The van der Waals surface area contributed by atoms with Gasteiger partial charge in [0.2, 0.25) is 0 Å². The number of hydrogen-bond acceptors (Lipinski definition) is 5. The number of rotatable bonds is 2. The van der Waals surface area contributed by atoms with Gasteiger partial charge in [-0.05, 0) is 50.9 Å². The maximum Gasteiger partial charge on any atom is 0.409 e. The Balaban J connectivity index is 1.50. The number of nitrogens with zero attached hydrogens (tertiary/aromatic N) is 3. The highest BCUT2D eigenvalue weighted by atomic mass is 16.5. The molecule has 2 saturated heterocycles. The average Bonchev–Trinajstić information content (AvgIpc) is 2.62. The summed E-state index contributed by atoms with van der Waals surface area (Å²) in [5.41, 5.74) is 7.94. The minimum absolute atomic E-state index is 0.201. The maximum atomic E-state index is 11.6. The molecule has 0 radical (unpaired) electrons. The Kier molecular flexibility index (Phi) is 5.00. The largest absolute Gasteiger partial charge is 0.453 e. The lowest BCUT2D eigenvalue weighted by molar-refractivity contribution is 0.0732. The van der Waals surface area contributed by atoms with E-state index < -0.39 is 0 Å². The molecule has 0 spiro atoms. The molecule has 2 aliphatic heterocycles. The van der Waals surface area contributed by atoms with Crippen molar-refractivity contribution in [2.75, 3.05) is 39.0 Å². The zero-order valence-electron chi connectivity index (χ0n) is 13.8. The summed E-state index contributed by atoms with van der Waals surface area (Å²) in [5.74, 6) is 0.475. The normalized spacial score (nSPS) is 21.3. The van der Waals surface area contributed by atoms with E-state index in [4.69, 9.17) is 10.5 Å². The van der Waals surface area contributed by atoms with Crippen molar-refractivity contribution >= 4 is 11.8 Å². The van der Waals surface area contributed by atoms with Gasteiger partial charge in [0.15, 0.2) is 0 Å². The summed E-state index contributed by atoms with van der Waals surface area (Å²) >= 11 is 0. The fourth-order valence-electron chi connectivity index (χ4n) is 3.85. The maximum absolute atomic E-state index is 11.6. The molecule has 1 aromatic heterocycles. The van der Waals surface area contributed by atoms with Gasteiger partial charge in [-0.3, -0.25) is 4.98 Å². The van der Waals surface area contributed by atoms with Crippen molar-refractivity contribution in [1.82, 2.24) is 14.8 Å². The molecule has 0 bridgehead atoms. The lowest BCUT2D eigenvalue weighted by Crippen LogP contribution is -2.48. The SMILES string of the molecule is COC(=O)N1CCC(N2CCC(c3ncccc3N)CC2)CC1. The third-order valence-electron chi connectivity index (χ3n) is 5.20. The first-order chi connectivity index (χ1) is 11.2. The molecular weight excluding hydrogens is 292 g/mol. The molecule has 2 N–H and O–H groups in total. The second kappa shape index (κ2) is 7.17. The topological polar surface area (TPSA) is 71.7 Å². The van der Waals surface area contributed by atoms with Gasteiger partial charge in [-0.15, -0.1) is 0 Å². The van der Waals surface area contributed by atoms with Gasteiger partial charge in [0, 0.05) is 31.2 Å². The number of carbonyl (C=O) groups excluding carboxylic acids is 1. The number of ether oxygens (including phenoxy) is 1. The van der Waals surface area contributed by atoms with Crippen LogP contribution in [-0.2, 0) is 4.74 Å². The van der Waals surface area contributed by atoms with Crippen molar-refractivity contribution < 1.29 is 9.53 Å². The number of likely N-dealkylation sites (tertiary alicyclic amines) is 2. The van der Waals surface area contributed by atoms with E-state index in [1.807, 2.05) is 18.3 Å². The third kappa shape index (κ3) is 3.58. The summed E-state index contributed by atoms with van der Waals surface area (Å²) < 4.78 is 4.80. The Bertz CT molecular complexity index is 535. The molecule has 0 unspecified atom stereocenters. The molecule has 0 saturated carbocycles. The van der Waals surface area contributed by atoms with Gasteiger partial charge >= 0.3 is 6.09 Å². The third-order valence-corrected chi connectivity index (χ3v) is 5.20. The fourth-order valence-corrected chi connectivity index (χ4v) is 3.85. The van der Waals surface area contributed by atoms with Crippen molar-refractivity contribution in [2.24, 2.45) is 0 Å². The number of piperidine rings is 2. The Labute approximate surface area is 137 Å². The molecule has 6 heteroatoms. The molecule has 0 aliphatic carbocycles. The van der Waals surface area contributed by atoms with Gasteiger partial charge in [-0.2, -0.15) is 0 Å². The van der Waals surface area contributed by atoms with E-state index in [2.05, 4.69) is 9.88 Å². The number of aromatic nitrogens is 1. The summed E-state index contributed by atoms with van der Waals surface area (Å²) in [5, 5.41) is 0. The number of pyridine rings is 1. The molecule has 0 aromatic carbocycles. The summed E-state index contributed by atoms with van der Waals surface area (Å²) in [7, 11) is 1.45. The van der Waals surface area contributed by atoms with E-state index in [0.29, 0.717) is 12.0 Å². The van der Waals surface area contributed by atoms with E-state index in [9.17, 15) is 4.79 Å².